The molecule has 0 amide bonds. The summed E-state index contributed by atoms with van der Waals surface area (Å²) in [4.78, 5) is 0. The maximum Gasteiger partial charge on any atom is 0.111 e. The van der Waals surface area contributed by atoms with Crippen LogP contribution < -0.4 is 0 Å². The molecule has 2 heteroatoms. The molecular formula is C13H13IO. The first-order valence-electron chi connectivity index (χ1n) is 5.10. The summed E-state index contributed by atoms with van der Waals surface area (Å²) < 4.78 is 8.60. The minimum atomic E-state index is 0.262. The molecule has 0 aromatic heterocycles. The molecule has 1 aliphatic rings. The Morgan fingerprint density at radius 1 is 1.33 bits per heavy atom. The predicted octanol–water partition coefficient (Wildman–Crippen LogP) is 3.53. The number of hydrogen-bond acceptors (Lipinski definition) is 1. The van der Waals surface area contributed by atoms with Gasteiger partial charge in [-0.1, -0.05) is 38.0 Å². The largest absolute Gasteiger partial charge is 0.364 e. The summed E-state index contributed by atoms with van der Waals surface area (Å²) in [6, 6.07) is 8.24. The molecule has 2 atom stereocenters. The number of epoxide rings is 1. The van der Waals surface area contributed by atoms with Crippen molar-refractivity contribution in [2.45, 2.75) is 26.1 Å². The lowest BCUT2D eigenvalue weighted by molar-refractivity contribution is 0.336. The molecule has 0 aliphatic carbocycles. The normalized spacial score (nSPS) is 23.5. The zero-order chi connectivity index (χ0) is 10.8. The standard InChI is InChI=1S/C13H13IO/c1-9(2)12-13(15-12)11-6-4-3-5-10(11)7-8-14/h3-6,9,12-13H,1-2H3. The highest BCUT2D eigenvalue weighted by Gasteiger charge is 2.43. The molecule has 0 bridgehead atoms. The molecule has 1 aromatic rings. The Balaban J connectivity index is 2.25. The maximum absolute atomic E-state index is 5.68. The van der Waals surface area contributed by atoms with E-state index in [9.17, 15) is 0 Å². The van der Waals surface area contributed by atoms with Gasteiger partial charge in [-0.15, -0.1) is 0 Å². The van der Waals surface area contributed by atoms with E-state index in [2.05, 4.69) is 58.4 Å². The molecule has 1 fully saturated rings. The number of halogens is 1. The van der Waals surface area contributed by atoms with Crippen molar-refractivity contribution in [3.8, 4) is 9.85 Å². The molecule has 0 spiro atoms. The summed E-state index contributed by atoms with van der Waals surface area (Å²) in [7, 11) is 0. The Kier molecular flexibility index (Phi) is 3.32. The SMILES string of the molecule is CC(C)C1OC1c1ccccc1C#CI. The molecule has 2 rings (SSSR count). The Morgan fingerprint density at radius 3 is 2.67 bits per heavy atom. The van der Waals surface area contributed by atoms with Crippen LogP contribution in [0.2, 0.25) is 0 Å². The smallest absolute Gasteiger partial charge is 0.111 e. The van der Waals surface area contributed by atoms with Crippen LogP contribution in [0.15, 0.2) is 24.3 Å². The fourth-order valence-corrected chi connectivity index (χ4v) is 2.08. The fourth-order valence-electron chi connectivity index (χ4n) is 1.79. The number of hydrogen-bond donors (Lipinski definition) is 0. The van der Waals surface area contributed by atoms with Gasteiger partial charge in [0.15, 0.2) is 0 Å². The van der Waals surface area contributed by atoms with E-state index < -0.39 is 0 Å². The molecule has 2 unspecified atom stereocenters. The van der Waals surface area contributed by atoms with Crippen LogP contribution in [-0.4, -0.2) is 6.10 Å². The number of rotatable bonds is 2. The first kappa shape index (κ1) is 11.0. The lowest BCUT2D eigenvalue weighted by Gasteiger charge is -2.01. The van der Waals surface area contributed by atoms with Gasteiger partial charge in [0, 0.05) is 28.2 Å². The average molecular weight is 312 g/mol. The van der Waals surface area contributed by atoms with E-state index >= 15 is 0 Å². The van der Waals surface area contributed by atoms with Crippen LogP contribution >= 0.6 is 22.6 Å². The van der Waals surface area contributed by atoms with Crippen molar-refractivity contribution in [2.75, 3.05) is 0 Å². The van der Waals surface area contributed by atoms with Gasteiger partial charge >= 0.3 is 0 Å². The van der Waals surface area contributed by atoms with Crippen molar-refractivity contribution in [3.63, 3.8) is 0 Å². The first-order chi connectivity index (χ1) is 7.24. The lowest BCUT2D eigenvalue weighted by atomic mass is 9.99. The molecule has 1 aliphatic heterocycles. The monoisotopic (exact) mass is 312 g/mol. The van der Waals surface area contributed by atoms with Crippen molar-refractivity contribution in [2.24, 2.45) is 5.92 Å². The lowest BCUT2D eigenvalue weighted by Crippen LogP contribution is -1.99. The van der Waals surface area contributed by atoms with E-state index in [1.165, 1.54) is 5.56 Å². The van der Waals surface area contributed by atoms with E-state index in [0.717, 1.165) is 5.56 Å². The summed E-state index contributed by atoms with van der Waals surface area (Å²) in [5, 5.41) is 0. The van der Waals surface area contributed by atoms with Crippen LogP contribution in [0.1, 0.15) is 31.1 Å². The molecule has 1 aromatic carbocycles. The van der Waals surface area contributed by atoms with Crippen molar-refractivity contribution in [1.82, 2.24) is 0 Å². The van der Waals surface area contributed by atoms with E-state index in [1.54, 1.807) is 0 Å². The van der Waals surface area contributed by atoms with E-state index in [-0.39, 0.29) is 6.10 Å². The van der Waals surface area contributed by atoms with Crippen LogP contribution in [0, 0.1) is 15.8 Å². The first-order valence-corrected chi connectivity index (χ1v) is 6.18. The fraction of sp³-hybridized carbons (Fsp3) is 0.385. The quantitative estimate of drug-likeness (QED) is 0.462. The van der Waals surface area contributed by atoms with Crippen LogP contribution in [0.3, 0.4) is 0 Å². The highest BCUT2D eigenvalue weighted by molar-refractivity contribution is 14.1. The van der Waals surface area contributed by atoms with Gasteiger partial charge < -0.3 is 4.74 Å². The average Bonchev–Trinajstić information content (AvgIpc) is 2.99. The van der Waals surface area contributed by atoms with Gasteiger partial charge in [0.05, 0.1) is 6.10 Å². The van der Waals surface area contributed by atoms with Gasteiger partial charge in [-0.2, -0.15) is 0 Å². The zero-order valence-corrected chi connectivity index (χ0v) is 11.0. The Hall–Kier alpha value is -0.530. The summed E-state index contributed by atoms with van der Waals surface area (Å²) >= 11 is 2.07. The molecule has 0 radical (unpaired) electrons. The molecule has 1 nitrogen and oxygen atoms in total. The van der Waals surface area contributed by atoms with Gasteiger partial charge in [0.25, 0.3) is 0 Å². The molecule has 78 valence electrons. The highest BCUT2D eigenvalue weighted by Crippen LogP contribution is 2.43. The Labute approximate surface area is 104 Å². The molecule has 0 saturated carbocycles. The molecule has 15 heavy (non-hydrogen) atoms. The summed E-state index contributed by atoms with van der Waals surface area (Å²) in [6.07, 6.45) is 0.639. The van der Waals surface area contributed by atoms with Crippen molar-refractivity contribution in [1.29, 1.82) is 0 Å². The predicted molar refractivity (Wildman–Crippen MR) is 69.8 cm³/mol. The Morgan fingerprint density at radius 2 is 2.07 bits per heavy atom. The number of benzene rings is 1. The van der Waals surface area contributed by atoms with Crippen LogP contribution in [-0.2, 0) is 4.74 Å². The summed E-state index contributed by atoms with van der Waals surface area (Å²) in [5.74, 6) is 3.69. The van der Waals surface area contributed by atoms with Gasteiger partial charge in [-0.25, -0.2) is 0 Å². The van der Waals surface area contributed by atoms with E-state index in [4.69, 9.17) is 4.74 Å². The zero-order valence-electron chi connectivity index (χ0n) is 8.83. The van der Waals surface area contributed by atoms with Crippen LogP contribution in [0.4, 0.5) is 0 Å². The third kappa shape index (κ3) is 2.35. The second kappa shape index (κ2) is 4.54. The van der Waals surface area contributed by atoms with Crippen LogP contribution in [0.5, 0.6) is 0 Å². The maximum atomic E-state index is 5.68. The molecule has 1 heterocycles. The highest BCUT2D eigenvalue weighted by atomic mass is 127. The number of ether oxygens (including phenoxy) is 1. The van der Waals surface area contributed by atoms with Crippen molar-refractivity contribution < 1.29 is 4.74 Å². The molecule has 1 saturated heterocycles. The van der Waals surface area contributed by atoms with Gasteiger partial charge in [0.2, 0.25) is 0 Å². The van der Waals surface area contributed by atoms with Crippen molar-refractivity contribution in [3.05, 3.63) is 35.4 Å². The summed E-state index contributed by atoms with van der Waals surface area (Å²) in [6.45, 7) is 4.38. The molecule has 0 N–H and O–H groups in total. The minimum Gasteiger partial charge on any atom is -0.364 e. The van der Waals surface area contributed by atoms with Gasteiger partial charge in [-0.3, -0.25) is 0 Å². The van der Waals surface area contributed by atoms with E-state index in [1.807, 2.05) is 12.1 Å². The third-order valence-corrected chi connectivity index (χ3v) is 2.90. The second-order valence-electron chi connectivity index (χ2n) is 4.07. The van der Waals surface area contributed by atoms with Crippen molar-refractivity contribution >= 4 is 22.6 Å². The Bertz CT molecular complexity index is 414. The van der Waals surface area contributed by atoms with Gasteiger partial charge in [0.1, 0.15) is 6.10 Å². The van der Waals surface area contributed by atoms with Crippen LogP contribution in [0.25, 0.3) is 0 Å². The second-order valence-corrected chi connectivity index (χ2v) is 4.61. The molecular weight excluding hydrogens is 299 g/mol. The summed E-state index contributed by atoms with van der Waals surface area (Å²) in [5.41, 5.74) is 2.33. The third-order valence-electron chi connectivity index (χ3n) is 2.63. The topological polar surface area (TPSA) is 12.5 Å². The minimum absolute atomic E-state index is 0.262. The van der Waals surface area contributed by atoms with Gasteiger partial charge in [-0.05, 0) is 21.5 Å². The van der Waals surface area contributed by atoms with E-state index in [0.29, 0.717) is 12.0 Å².